The molecule has 1 aliphatic heterocycles. The van der Waals surface area contributed by atoms with Gasteiger partial charge in [0.1, 0.15) is 12.2 Å². The molecule has 3 heterocycles. The fourth-order valence-electron chi connectivity index (χ4n) is 4.33. The molecular weight excluding hydrogens is 584 g/mol. The molecule has 12 nitrogen and oxygen atoms in total. The van der Waals surface area contributed by atoms with Gasteiger partial charge in [0.2, 0.25) is 11.8 Å². The van der Waals surface area contributed by atoms with Crippen molar-refractivity contribution >= 4 is 41.1 Å². The molecule has 228 valence electrons. The van der Waals surface area contributed by atoms with Gasteiger partial charge in [0.25, 0.3) is 0 Å². The van der Waals surface area contributed by atoms with Gasteiger partial charge in [-0.3, -0.25) is 14.4 Å². The number of carbonyl (C=O) groups is 3. The number of hydrogen-bond donors (Lipinski definition) is 3. The quantitative estimate of drug-likeness (QED) is 0.157. The highest BCUT2D eigenvalue weighted by atomic mass is 35.5. The number of nitrogens with one attached hydrogen (secondary N) is 3. The summed E-state index contributed by atoms with van der Waals surface area (Å²) in [6.07, 6.45) is 10.3. The largest absolute Gasteiger partial charge is 0.469 e. The van der Waals surface area contributed by atoms with Gasteiger partial charge in [-0.25, -0.2) is 4.98 Å². The number of para-hydroxylation sites is 1. The number of hydrogen-bond acceptors (Lipinski definition) is 8. The van der Waals surface area contributed by atoms with Crippen LogP contribution in [0.4, 0.5) is 5.69 Å². The van der Waals surface area contributed by atoms with Crippen LogP contribution in [0.2, 0.25) is 5.02 Å². The number of ether oxygens (including phenoxy) is 1. The third-order valence-corrected chi connectivity index (χ3v) is 6.93. The van der Waals surface area contributed by atoms with E-state index in [4.69, 9.17) is 11.6 Å². The first-order valence-corrected chi connectivity index (χ1v) is 14.3. The lowest BCUT2D eigenvalue weighted by Crippen LogP contribution is -2.27. The molecule has 2 aromatic carbocycles. The summed E-state index contributed by atoms with van der Waals surface area (Å²) in [7, 11) is 1.38. The fourth-order valence-corrected chi connectivity index (χ4v) is 4.51. The van der Waals surface area contributed by atoms with Crippen LogP contribution in [0, 0.1) is 0 Å². The number of H-pyrrole nitrogens is 1. The van der Waals surface area contributed by atoms with E-state index >= 15 is 0 Å². The Hall–Kier alpha value is -5.10. The maximum Gasteiger partial charge on any atom is 0.305 e. The van der Waals surface area contributed by atoms with Crippen LogP contribution in [0.3, 0.4) is 0 Å². The number of amides is 2. The first-order valence-electron chi connectivity index (χ1n) is 14.0. The Morgan fingerprint density at radius 2 is 2.02 bits per heavy atom. The van der Waals surface area contributed by atoms with Crippen molar-refractivity contribution in [1.82, 2.24) is 35.5 Å². The van der Waals surface area contributed by atoms with Crippen molar-refractivity contribution in [2.24, 2.45) is 0 Å². The predicted octanol–water partition coefficient (Wildman–Crippen LogP) is 5.21. The van der Waals surface area contributed by atoms with Gasteiger partial charge in [-0.1, -0.05) is 48.4 Å². The first-order chi connectivity index (χ1) is 21.3. The molecule has 3 N–H and O–H groups in total. The number of methoxy groups -OCH3 is 1. The molecule has 2 amide bonds. The number of benzene rings is 2. The van der Waals surface area contributed by atoms with Crippen molar-refractivity contribution in [3.63, 3.8) is 0 Å². The van der Waals surface area contributed by atoms with E-state index in [1.54, 1.807) is 37.4 Å². The standard InChI is InChI=1S/C27H25ClN8O2.C4H8O2/c1-17-6-10-22(27-29-15-23(33-27)20-4-2-3-5-21(20)31-25(37)12-7-17)32-26(38)13-8-18-14-19(28)9-11-24(18)36-16-30-34-35-36;1-3-4(5)6-2/h2-6,8-9,11,13-16,22H,7,10,12H2,1H3,(H,29,33)(H,31,37)(H,32,38);3H2,1-2H3/b13-8+,17-6?;/t22-;/m0./s1. The Morgan fingerprint density at radius 1 is 1.20 bits per heavy atom. The lowest BCUT2D eigenvalue weighted by atomic mass is 10.1. The number of anilines is 1. The second-order valence-corrected chi connectivity index (χ2v) is 10.3. The summed E-state index contributed by atoms with van der Waals surface area (Å²) in [6, 6.07) is 12.4. The number of fused-ring (bicyclic) bond motifs is 4. The smallest absolute Gasteiger partial charge is 0.305 e. The monoisotopic (exact) mass is 616 g/mol. The number of esters is 1. The normalized spacial score (nSPS) is 14.9. The number of imidazole rings is 1. The number of carbonyl (C=O) groups excluding carboxylic acids is 3. The van der Waals surface area contributed by atoms with E-state index in [9.17, 15) is 14.4 Å². The van der Waals surface area contributed by atoms with E-state index in [1.165, 1.54) is 24.2 Å². The minimum absolute atomic E-state index is 0.0544. The first kappa shape index (κ1) is 31.8. The van der Waals surface area contributed by atoms with Crippen LogP contribution >= 0.6 is 11.6 Å². The lowest BCUT2D eigenvalue weighted by molar-refractivity contribution is -0.140. The minimum Gasteiger partial charge on any atom is -0.469 e. The van der Waals surface area contributed by atoms with Gasteiger partial charge in [0.15, 0.2) is 0 Å². The van der Waals surface area contributed by atoms with Crippen molar-refractivity contribution in [1.29, 1.82) is 0 Å². The number of nitrogens with zero attached hydrogens (tertiary/aromatic N) is 5. The zero-order valence-corrected chi connectivity index (χ0v) is 25.3. The molecule has 0 fully saturated rings. The van der Waals surface area contributed by atoms with E-state index in [0.717, 1.165) is 16.8 Å². The predicted molar refractivity (Wildman–Crippen MR) is 167 cm³/mol. The van der Waals surface area contributed by atoms with Crippen LogP contribution in [-0.2, 0) is 19.1 Å². The van der Waals surface area contributed by atoms with Crippen molar-refractivity contribution < 1.29 is 19.1 Å². The van der Waals surface area contributed by atoms with Crippen molar-refractivity contribution in [3.05, 3.63) is 89.1 Å². The number of halogens is 1. The molecule has 44 heavy (non-hydrogen) atoms. The second-order valence-electron chi connectivity index (χ2n) is 9.84. The fraction of sp³-hybridized carbons (Fsp3) is 0.258. The summed E-state index contributed by atoms with van der Waals surface area (Å²) in [5.74, 6) is 0.0998. The zero-order valence-electron chi connectivity index (χ0n) is 24.6. The third-order valence-electron chi connectivity index (χ3n) is 6.70. The number of aromatic amines is 1. The highest BCUT2D eigenvalue weighted by molar-refractivity contribution is 6.30. The van der Waals surface area contributed by atoms with Crippen molar-refractivity contribution in [2.45, 2.75) is 45.6 Å². The van der Waals surface area contributed by atoms with Gasteiger partial charge in [-0.15, -0.1) is 5.10 Å². The second kappa shape index (κ2) is 15.4. The Balaban J connectivity index is 0.000000670. The summed E-state index contributed by atoms with van der Waals surface area (Å²) in [4.78, 5) is 43.4. The average Bonchev–Trinajstić information content (AvgIpc) is 3.74. The molecule has 0 saturated carbocycles. The topological polar surface area (TPSA) is 157 Å². The third kappa shape index (κ3) is 8.71. The molecule has 0 spiro atoms. The summed E-state index contributed by atoms with van der Waals surface area (Å²) >= 11 is 6.19. The SMILES string of the molecule is CC1=CC[C@H](NC(=O)/C=C/c2cc(Cl)ccc2-n2cnnn2)c2ncc([nH]2)-c2ccccc2NC(=O)CC1.CCC(=O)OC. The van der Waals surface area contributed by atoms with Crippen molar-refractivity contribution in [2.75, 3.05) is 12.4 Å². The van der Waals surface area contributed by atoms with Gasteiger partial charge < -0.3 is 20.4 Å². The van der Waals surface area contributed by atoms with Gasteiger partial charge >= 0.3 is 5.97 Å². The molecule has 0 radical (unpaired) electrons. The van der Waals surface area contributed by atoms with E-state index < -0.39 is 6.04 Å². The van der Waals surface area contributed by atoms with Gasteiger partial charge in [-0.05, 0) is 60.5 Å². The molecule has 5 rings (SSSR count). The number of aromatic nitrogens is 6. The Morgan fingerprint density at radius 3 is 2.75 bits per heavy atom. The summed E-state index contributed by atoms with van der Waals surface area (Å²) in [5, 5.41) is 17.8. The number of tetrazole rings is 1. The van der Waals surface area contributed by atoms with Crippen LogP contribution in [0.25, 0.3) is 23.0 Å². The van der Waals surface area contributed by atoms with E-state index in [-0.39, 0.29) is 17.8 Å². The average molecular weight is 617 g/mol. The molecule has 2 bridgehead atoms. The molecule has 2 aromatic heterocycles. The van der Waals surface area contributed by atoms with Crippen LogP contribution in [0.5, 0.6) is 0 Å². The van der Waals surface area contributed by atoms with Crippen LogP contribution < -0.4 is 10.6 Å². The highest BCUT2D eigenvalue weighted by Crippen LogP contribution is 2.29. The van der Waals surface area contributed by atoms with E-state index in [2.05, 4.69) is 40.9 Å². The molecule has 0 unspecified atom stereocenters. The molecule has 4 aromatic rings. The Labute approximate surface area is 259 Å². The molecule has 0 aliphatic carbocycles. The molecule has 13 heteroatoms. The zero-order chi connectivity index (χ0) is 31.5. The number of rotatable bonds is 5. The lowest BCUT2D eigenvalue weighted by Gasteiger charge is -2.15. The molecule has 0 saturated heterocycles. The highest BCUT2D eigenvalue weighted by Gasteiger charge is 2.19. The van der Waals surface area contributed by atoms with Crippen LogP contribution in [0.15, 0.2) is 72.7 Å². The summed E-state index contributed by atoms with van der Waals surface area (Å²) in [6.45, 7) is 3.73. The minimum atomic E-state index is -0.411. The maximum atomic E-state index is 13.0. The van der Waals surface area contributed by atoms with Gasteiger partial charge in [0, 0.05) is 35.1 Å². The maximum absolute atomic E-state index is 13.0. The summed E-state index contributed by atoms with van der Waals surface area (Å²) < 4.78 is 5.76. The van der Waals surface area contributed by atoms with Crippen molar-refractivity contribution in [3.8, 4) is 16.9 Å². The Bertz CT molecular complexity index is 1660. The van der Waals surface area contributed by atoms with Gasteiger partial charge in [-0.2, -0.15) is 4.68 Å². The van der Waals surface area contributed by atoms with Gasteiger partial charge in [0.05, 0.1) is 36.4 Å². The summed E-state index contributed by atoms with van der Waals surface area (Å²) in [5.41, 5.74) is 4.69. The molecule has 1 aliphatic rings. The van der Waals surface area contributed by atoms with Crippen LogP contribution in [-0.4, -0.2) is 55.1 Å². The Kier molecular flexibility index (Phi) is 11.1. The number of allylic oxidation sites excluding steroid dienone is 1. The van der Waals surface area contributed by atoms with E-state index in [1.807, 2.05) is 37.3 Å². The molecular formula is C31H33ClN8O4. The molecule has 1 atom stereocenters. The van der Waals surface area contributed by atoms with E-state index in [0.29, 0.717) is 53.5 Å². The van der Waals surface area contributed by atoms with Crippen LogP contribution in [0.1, 0.15) is 57.0 Å².